The second kappa shape index (κ2) is 3.79. The molecule has 0 bridgehead atoms. The minimum absolute atomic E-state index is 0.168. The Kier molecular flexibility index (Phi) is 2.72. The molecule has 0 radical (unpaired) electrons. The summed E-state index contributed by atoms with van der Waals surface area (Å²) in [5.74, 6) is -0.346. The van der Waals surface area contributed by atoms with Gasteiger partial charge in [0.2, 0.25) is 0 Å². The second-order valence-corrected chi connectivity index (χ2v) is 2.39. The van der Waals surface area contributed by atoms with E-state index in [0.29, 0.717) is 0 Å². The van der Waals surface area contributed by atoms with Crippen molar-refractivity contribution in [1.82, 2.24) is 10.2 Å². The fourth-order valence-electron chi connectivity index (χ4n) is 0.627. The number of nitrogens with zero attached hydrogens (tertiary/aromatic N) is 3. The third-order valence-electron chi connectivity index (χ3n) is 1.16. The number of Topliss-reactive ketones (excluding diaryl/α,β-unsaturated/α-hetero) is 1. The lowest BCUT2D eigenvalue weighted by atomic mass is 10.2. The normalized spacial score (nSPS) is 9.00. The van der Waals surface area contributed by atoms with Crippen molar-refractivity contribution in [1.29, 1.82) is 5.26 Å². The van der Waals surface area contributed by atoms with E-state index < -0.39 is 0 Å². The van der Waals surface area contributed by atoms with Crippen molar-refractivity contribution >= 4 is 17.4 Å². The standard InChI is InChI=1S/C7H4ClN3O/c8-7-2-1-5(10-11-7)6(12)3-4-9/h1-2H,3H2. The van der Waals surface area contributed by atoms with E-state index in [0.717, 1.165) is 0 Å². The minimum atomic E-state index is -0.346. The third kappa shape index (κ3) is 2.01. The summed E-state index contributed by atoms with van der Waals surface area (Å²) in [6.07, 6.45) is -0.184. The highest BCUT2D eigenvalue weighted by Crippen LogP contribution is 2.03. The molecule has 0 atom stereocenters. The van der Waals surface area contributed by atoms with Gasteiger partial charge in [0.15, 0.2) is 10.9 Å². The number of nitriles is 1. The summed E-state index contributed by atoms with van der Waals surface area (Å²) in [5, 5.41) is 15.4. The van der Waals surface area contributed by atoms with Crippen molar-refractivity contribution < 1.29 is 4.79 Å². The van der Waals surface area contributed by atoms with Crippen LogP contribution in [0.3, 0.4) is 0 Å². The summed E-state index contributed by atoms with van der Waals surface area (Å²) in [6.45, 7) is 0. The van der Waals surface area contributed by atoms with Crippen molar-refractivity contribution in [3.05, 3.63) is 23.0 Å². The molecule has 1 aromatic heterocycles. The van der Waals surface area contributed by atoms with E-state index in [-0.39, 0.29) is 23.1 Å². The summed E-state index contributed by atoms with van der Waals surface area (Å²) < 4.78 is 0. The van der Waals surface area contributed by atoms with Crippen molar-refractivity contribution in [2.24, 2.45) is 0 Å². The first-order valence-electron chi connectivity index (χ1n) is 3.13. The van der Waals surface area contributed by atoms with Gasteiger partial charge in [-0.25, -0.2) is 0 Å². The van der Waals surface area contributed by atoms with E-state index in [4.69, 9.17) is 16.9 Å². The molecule has 0 aromatic carbocycles. The van der Waals surface area contributed by atoms with Gasteiger partial charge in [0, 0.05) is 0 Å². The van der Waals surface area contributed by atoms with Gasteiger partial charge in [-0.15, -0.1) is 10.2 Å². The molecule has 0 saturated heterocycles. The molecule has 60 valence electrons. The van der Waals surface area contributed by atoms with Crippen LogP contribution in [0.4, 0.5) is 0 Å². The Hall–Kier alpha value is -1.47. The maximum atomic E-state index is 11.0. The van der Waals surface area contributed by atoms with Gasteiger partial charge in [0.05, 0.1) is 6.07 Å². The van der Waals surface area contributed by atoms with E-state index >= 15 is 0 Å². The van der Waals surface area contributed by atoms with Crippen LogP contribution in [-0.2, 0) is 0 Å². The molecule has 0 unspecified atom stereocenters. The summed E-state index contributed by atoms with van der Waals surface area (Å²) in [6, 6.07) is 4.63. The fraction of sp³-hybridized carbons (Fsp3) is 0.143. The topological polar surface area (TPSA) is 66.6 Å². The first-order chi connectivity index (χ1) is 5.74. The largest absolute Gasteiger partial charge is 0.291 e. The van der Waals surface area contributed by atoms with E-state index in [1.807, 2.05) is 0 Å². The number of ketones is 1. The Bertz CT molecular complexity index is 327. The van der Waals surface area contributed by atoms with Gasteiger partial charge < -0.3 is 0 Å². The van der Waals surface area contributed by atoms with Crippen molar-refractivity contribution in [2.75, 3.05) is 0 Å². The minimum Gasteiger partial charge on any atom is -0.291 e. The summed E-state index contributed by atoms with van der Waals surface area (Å²) in [5.41, 5.74) is 0.168. The molecular formula is C7H4ClN3O. The Morgan fingerprint density at radius 3 is 2.83 bits per heavy atom. The lowest BCUT2D eigenvalue weighted by Crippen LogP contribution is -2.01. The molecule has 0 spiro atoms. The Balaban J connectivity index is 2.84. The van der Waals surface area contributed by atoms with Crippen LogP contribution >= 0.6 is 11.6 Å². The summed E-state index contributed by atoms with van der Waals surface area (Å²) in [7, 11) is 0. The second-order valence-electron chi connectivity index (χ2n) is 2.00. The molecule has 1 rings (SSSR count). The average Bonchev–Trinajstić information content (AvgIpc) is 2.06. The van der Waals surface area contributed by atoms with E-state index in [9.17, 15) is 4.79 Å². The van der Waals surface area contributed by atoms with Gasteiger partial charge in [-0.2, -0.15) is 5.26 Å². The highest BCUT2D eigenvalue weighted by Gasteiger charge is 2.06. The Morgan fingerprint density at radius 1 is 1.58 bits per heavy atom. The number of aromatic nitrogens is 2. The average molecular weight is 182 g/mol. The Morgan fingerprint density at radius 2 is 2.33 bits per heavy atom. The molecule has 0 fully saturated rings. The molecule has 4 nitrogen and oxygen atoms in total. The van der Waals surface area contributed by atoms with Crippen LogP contribution in [-0.4, -0.2) is 16.0 Å². The lowest BCUT2D eigenvalue weighted by molar-refractivity contribution is 0.0992. The first kappa shape index (κ1) is 8.62. The molecule has 0 saturated carbocycles. The van der Waals surface area contributed by atoms with Crippen LogP contribution in [0, 0.1) is 11.3 Å². The SMILES string of the molecule is N#CCC(=O)c1ccc(Cl)nn1. The maximum Gasteiger partial charge on any atom is 0.197 e. The van der Waals surface area contributed by atoms with Gasteiger partial charge in [0.1, 0.15) is 12.1 Å². The van der Waals surface area contributed by atoms with Crippen LogP contribution in [0.25, 0.3) is 0 Å². The molecule has 5 heteroatoms. The number of rotatable bonds is 2. The molecule has 0 amide bonds. The zero-order valence-corrected chi connectivity index (χ0v) is 6.75. The highest BCUT2D eigenvalue weighted by atomic mass is 35.5. The monoisotopic (exact) mass is 181 g/mol. The van der Waals surface area contributed by atoms with Gasteiger partial charge in [0.25, 0.3) is 0 Å². The van der Waals surface area contributed by atoms with Gasteiger partial charge >= 0.3 is 0 Å². The zero-order chi connectivity index (χ0) is 8.97. The maximum absolute atomic E-state index is 11.0. The van der Waals surface area contributed by atoms with E-state index in [1.54, 1.807) is 6.07 Å². The van der Waals surface area contributed by atoms with Crippen molar-refractivity contribution in [3.8, 4) is 6.07 Å². The predicted molar refractivity (Wildman–Crippen MR) is 41.6 cm³/mol. The molecule has 1 aromatic rings. The summed E-state index contributed by atoms with van der Waals surface area (Å²) in [4.78, 5) is 11.0. The van der Waals surface area contributed by atoms with E-state index in [2.05, 4.69) is 10.2 Å². The molecular weight excluding hydrogens is 178 g/mol. The van der Waals surface area contributed by atoms with Crippen LogP contribution in [0.5, 0.6) is 0 Å². The number of hydrogen-bond acceptors (Lipinski definition) is 4. The molecule has 0 aliphatic carbocycles. The predicted octanol–water partition coefficient (Wildman–Crippen LogP) is 1.23. The van der Waals surface area contributed by atoms with Crippen LogP contribution < -0.4 is 0 Å². The van der Waals surface area contributed by atoms with Crippen molar-refractivity contribution in [2.45, 2.75) is 6.42 Å². The summed E-state index contributed by atoms with van der Waals surface area (Å²) >= 11 is 5.44. The Labute approximate surface area is 73.8 Å². The quantitative estimate of drug-likeness (QED) is 0.644. The number of halogens is 1. The van der Waals surface area contributed by atoms with Gasteiger partial charge in [-0.1, -0.05) is 11.6 Å². The van der Waals surface area contributed by atoms with Crippen LogP contribution in [0.1, 0.15) is 16.9 Å². The smallest absolute Gasteiger partial charge is 0.197 e. The lowest BCUT2D eigenvalue weighted by Gasteiger charge is -1.92. The van der Waals surface area contributed by atoms with Crippen molar-refractivity contribution in [3.63, 3.8) is 0 Å². The molecule has 12 heavy (non-hydrogen) atoms. The number of carbonyl (C=O) groups is 1. The van der Waals surface area contributed by atoms with Crippen LogP contribution in [0.2, 0.25) is 5.15 Å². The van der Waals surface area contributed by atoms with Gasteiger partial charge in [-0.05, 0) is 12.1 Å². The first-order valence-corrected chi connectivity index (χ1v) is 3.51. The fourth-order valence-corrected chi connectivity index (χ4v) is 0.728. The molecule has 0 aliphatic rings. The molecule has 0 N–H and O–H groups in total. The molecule has 1 heterocycles. The highest BCUT2D eigenvalue weighted by molar-refractivity contribution is 6.29. The zero-order valence-electron chi connectivity index (χ0n) is 5.99. The van der Waals surface area contributed by atoms with Gasteiger partial charge in [-0.3, -0.25) is 4.79 Å². The van der Waals surface area contributed by atoms with Crippen LogP contribution in [0.15, 0.2) is 12.1 Å². The number of carbonyl (C=O) groups excluding carboxylic acids is 1. The number of hydrogen-bond donors (Lipinski definition) is 0. The van der Waals surface area contributed by atoms with E-state index in [1.165, 1.54) is 12.1 Å². The third-order valence-corrected chi connectivity index (χ3v) is 1.36. The molecule has 0 aliphatic heterocycles.